The minimum atomic E-state index is 0. The van der Waals surface area contributed by atoms with Gasteiger partial charge in [-0.2, -0.15) is 0 Å². The van der Waals surface area contributed by atoms with Crippen LogP contribution in [0.2, 0.25) is 0 Å². The highest BCUT2D eigenvalue weighted by atomic mass is 127. The maximum absolute atomic E-state index is 6.01. The molecule has 1 aliphatic rings. The van der Waals surface area contributed by atoms with Crippen molar-refractivity contribution in [1.82, 2.24) is 15.5 Å². The molecule has 0 saturated carbocycles. The van der Waals surface area contributed by atoms with Crippen LogP contribution in [-0.2, 0) is 13.0 Å². The molecule has 0 aliphatic carbocycles. The molecule has 0 aromatic heterocycles. The number of benzene rings is 2. The molecule has 6 nitrogen and oxygen atoms in total. The molecule has 164 valence electrons. The Kier molecular flexibility index (Phi) is 10.2. The summed E-state index contributed by atoms with van der Waals surface area (Å²) in [5.74, 6) is 2.67. The number of hydrogen-bond donors (Lipinski definition) is 2. The summed E-state index contributed by atoms with van der Waals surface area (Å²) in [6, 6.07) is 16.3. The predicted molar refractivity (Wildman–Crippen MR) is 133 cm³/mol. The van der Waals surface area contributed by atoms with Crippen molar-refractivity contribution in [3.05, 3.63) is 59.7 Å². The molecule has 0 spiro atoms. The zero-order valence-electron chi connectivity index (χ0n) is 18.1. The number of nitrogens with one attached hydrogen (secondary N) is 2. The van der Waals surface area contributed by atoms with Gasteiger partial charge in [0.2, 0.25) is 0 Å². The molecule has 0 bridgehead atoms. The van der Waals surface area contributed by atoms with Crippen LogP contribution >= 0.6 is 24.0 Å². The first kappa shape index (κ1) is 24.3. The lowest BCUT2D eigenvalue weighted by Gasteiger charge is -2.16. The highest BCUT2D eigenvalue weighted by molar-refractivity contribution is 14.0. The van der Waals surface area contributed by atoms with E-state index in [0.29, 0.717) is 19.7 Å². The van der Waals surface area contributed by atoms with E-state index in [9.17, 15) is 0 Å². The van der Waals surface area contributed by atoms with Crippen molar-refractivity contribution >= 4 is 29.9 Å². The highest BCUT2D eigenvalue weighted by Crippen LogP contribution is 2.27. The molecule has 0 amide bonds. The van der Waals surface area contributed by atoms with Crippen molar-refractivity contribution in [2.45, 2.75) is 26.0 Å². The summed E-state index contributed by atoms with van der Waals surface area (Å²) in [4.78, 5) is 6.85. The van der Waals surface area contributed by atoms with Gasteiger partial charge in [0.15, 0.2) is 5.96 Å². The Bertz CT molecular complexity index is 788. The summed E-state index contributed by atoms with van der Waals surface area (Å²) >= 11 is 0. The predicted octanol–water partition coefficient (Wildman–Crippen LogP) is 3.30. The van der Waals surface area contributed by atoms with Crippen molar-refractivity contribution in [2.75, 3.05) is 40.3 Å². The van der Waals surface area contributed by atoms with Gasteiger partial charge in [0.05, 0.1) is 13.1 Å². The van der Waals surface area contributed by atoms with E-state index in [-0.39, 0.29) is 30.1 Å². The molecule has 1 atom stereocenters. The second-order valence-electron chi connectivity index (χ2n) is 7.39. The molecular weight excluding hydrogens is 491 g/mol. The third-order valence-corrected chi connectivity index (χ3v) is 4.73. The smallest absolute Gasteiger partial charge is 0.191 e. The Balaban J connectivity index is 0.00000320. The lowest BCUT2D eigenvalue weighted by Crippen LogP contribution is -2.42. The number of aliphatic imine (C=N–C) groups is 1. The summed E-state index contributed by atoms with van der Waals surface area (Å²) in [6.45, 7) is 5.67. The number of ether oxygens (including phenoxy) is 2. The molecule has 2 aromatic carbocycles. The topological polar surface area (TPSA) is 58.1 Å². The van der Waals surface area contributed by atoms with Gasteiger partial charge in [-0.1, -0.05) is 36.4 Å². The van der Waals surface area contributed by atoms with Gasteiger partial charge in [-0.25, -0.2) is 4.99 Å². The summed E-state index contributed by atoms with van der Waals surface area (Å²) in [5, 5.41) is 6.72. The Morgan fingerprint density at radius 3 is 2.67 bits per heavy atom. The van der Waals surface area contributed by atoms with Gasteiger partial charge in [-0.05, 0) is 38.7 Å². The number of fused-ring (bicyclic) bond motifs is 1. The van der Waals surface area contributed by atoms with E-state index in [0.717, 1.165) is 42.5 Å². The van der Waals surface area contributed by atoms with Crippen LogP contribution in [-0.4, -0.2) is 57.3 Å². The summed E-state index contributed by atoms with van der Waals surface area (Å²) in [5.41, 5.74) is 2.35. The molecule has 1 unspecified atom stereocenters. The first-order valence-corrected chi connectivity index (χ1v) is 10.3. The number of guanidine groups is 1. The monoisotopic (exact) mass is 524 g/mol. The molecule has 7 heteroatoms. The molecule has 1 heterocycles. The Hall–Kier alpha value is -2.00. The molecule has 1 aliphatic heterocycles. The lowest BCUT2D eigenvalue weighted by atomic mass is 10.1. The number of nitrogens with zero attached hydrogens (tertiary/aromatic N) is 2. The van der Waals surface area contributed by atoms with Crippen LogP contribution in [0.15, 0.2) is 53.5 Å². The molecule has 0 radical (unpaired) electrons. The third kappa shape index (κ3) is 7.36. The molecule has 3 rings (SSSR count). The molecule has 0 saturated heterocycles. The van der Waals surface area contributed by atoms with Crippen LogP contribution in [0.5, 0.6) is 11.5 Å². The van der Waals surface area contributed by atoms with E-state index in [4.69, 9.17) is 14.5 Å². The van der Waals surface area contributed by atoms with Gasteiger partial charge in [-0.15, -0.1) is 24.0 Å². The second-order valence-corrected chi connectivity index (χ2v) is 7.39. The fourth-order valence-electron chi connectivity index (χ4n) is 3.20. The molecule has 2 N–H and O–H groups in total. The maximum atomic E-state index is 6.01. The van der Waals surface area contributed by atoms with E-state index in [1.165, 1.54) is 5.56 Å². The average Bonchev–Trinajstić information content (AvgIpc) is 3.13. The van der Waals surface area contributed by atoms with Gasteiger partial charge in [0.25, 0.3) is 0 Å². The van der Waals surface area contributed by atoms with Crippen LogP contribution in [0.4, 0.5) is 0 Å². The zero-order valence-corrected chi connectivity index (χ0v) is 20.4. The number of hydrogen-bond acceptors (Lipinski definition) is 4. The van der Waals surface area contributed by atoms with Gasteiger partial charge >= 0.3 is 0 Å². The number of halogens is 1. The highest BCUT2D eigenvalue weighted by Gasteiger charge is 2.22. The zero-order chi connectivity index (χ0) is 20.5. The number of rotatable bonds is 9. The molecule has 30 heavy (non-hydrogen) atoms. The van der Waals surface area contributed by atoms with Gasteiger partial charge < -0.3 is 25.0 Å². The normalized spacial score (nSPS) is 15.2. The Morgan fingerprint density at radius 1 is 1.13 bits per heavy atom. The molecule has 2 aromatic rings. The second kappa shape index (κ2) is 12.6. The lowest BCUT2D eigenvalue weighted by molar-refractivity contribution is 0.235. The van der Waals surface area contributed by atoms with Gasteiger partial charge in [0.1, 0.15) is 24.2 Å². The van der Waals surface area contributed by atoms with Crippen LogP contribution in [0, 0.1) is 0 Å². The van der Waals surface area contributed by atoms with Crippen molar-refractivity contribution in [3.63, 3.8) is 0 Å². The Labute approximate surface area is 197 Å². The third-order valence-electron chi connectivity index (χ3n) is 4.73. The van der Waals surface area contributed by atoms with Crippen molar-refractivity contribution in [3.8, 4) is 11.5 Å². The fourth-order valence-corrected chi connectivity index (χ4v) is 3.20. The fraction of sp³-hybridized carbons (Fsp3) is 0.435. The summed E-state index contributed by atoms with van der Waals surface area (Å²) in [7, 11) is 4.08. The summed E-state index contributed by atoms with van der Waals surface area (Å²) in [6.07, 6.45) is 1.04. The molecule has 0 fully saturated rings. The largest absolute Gasteiger partial charge is 0.492 e. The SMILES string of the molecule is CCNC(=NCc1ccccc1OCCN(C)C)NCC1Cc2ccccc2O1.I. The van der Waals surface area contributed by atoms with Crippen molar-refractivity contribution in [2.24, 2.45) is 4.99 Å². The van der Waals surface area contributed by atoms with Crippen LogP contribution in [0.25, 0.3) is 0 Å². The average molecular weight is 524 g/mol. The van der Waals surface area contributed by atoms with Crippen LogP contribution < -0.4 is 20.1 Å². The minimum Gasteiger partial charge on any atom is -0.492 e. The van der Waals surface area contributed by atoms with Crippen molar-refractivity contribution in [1.29, 1.82) is 0 Å². The number of para-hydroxylation sites is 2. The first-order chi connectivity index (χ1) is 14.2. The van der Waals surface area contributed by atoms with Crippen molar-refractivity contribution < 1.29 is 9.47 Å². The van der Waals surface area contributed by atoms with Crippen LogP contribution in [0.3, 0.4) is 0 Å². The quantitative estimate of drug-likeness (QED) is 0.300. The first-order valence-electron chi connectivity index (χ1n) is 10.3. The van der Waals surface area contributed by atoms with E-state index < -0.39 is 0 Å². The minimum absolute atomic E-state index is 0. The number of likely N-dealkylation sites (N-methyl/N-ethyl adjacent to an activating group) is 1. The van der Waals surface area contributed by atoms with Gasteiger partial charge in [0, 0.05) is 25.1 Å². The standard InChI is InChI=1S/C23H32N4O2.HI/c1-4-24-23(26-17-20-15-18-9-5-8-12-22(18)29-20)25-16-19-10-6-7-11-21(19)28-14-13-27(2)3;/h5-12,20H,4,13-17H2,1-3H3,(H2,24,25,26);1H. The van der Waals surface area contributed by atoms with E-state index in [2.05, 4.69) is 40.7 Å². The Morgan fingerprint density at radius 2 is 1.90 bits per heavy atom. The van der Waals surface area contributed by atoms with E-state index >= 15 is 0 Å². The summed E-state index contributed by atoms with van der Waals surface area (Å²) < 4.78 is 12.0. The van der Waals surface area contributed by atoms with E-state index in [1.54, 1.807) is 0 Å². The van der Waals surface area contributed by atoms with Crippen LogP contribution in [0.1, 0.15) is 18.1 Å². The van der Waals surface area contributed by atoms with Gasteiger partial charge in [-0.3, -0.25) is 0 Å². The molecular formula is C23H33IN4O2. The van der Waals surface area contributed by atoms with E-state index in [1.807, 2.05) is 44.4 Å². The maximum Gasteiger partial charge on any atom is 0.191 e.